The zero-order valence-electron chi connectivity index (χ0n) is 8.00. The monoisotopic (exact) mass is 181 g/mol. The van der Waals surface area contributed by atoms with Gasteiger partial charge in [0.2, 0.25) is 0 Å². The maximum absolute atomic E-state index is 8.60. The first-order valence-corrected chi connectivity index (χ1v) is 4.30. The summed E-state index contributed by atoms with van der Waals surface area (Å²) in [4.78, 5) is 0. The molecule has 0 bridgehead atoms. The van der Waals surface area contributed by atoms with Crippen LogP contribution in [-0.4, -0.2) is 25.4 Å². The molecule has 0 saturated heterocycles. The fourth-order valence-electron chi connectivity index (χ4n) is 1.07. The van der Waals surface area contributed by atoms with E-state index in [1.165, 1.54) is 0 Å². The van der Waals surface area contributed by atoms with Gasteiger partial charge in [0.25, 0.3) is 0 Å². The van der Waals surface area contributed by atoms with E-state index in [0.717, 1.165) is 17.0 Å². The third-order valence-corrected chi connectivity index (χ3v) is 1.83. The molecule has 0 unspecified atom stereocenters. The molecule has 1 aromatic carbocycles. The summed E-state index contributed by atoms with van der Waals surface area (Å²) in [7, 11) is 1.86. The van der Waals surface area contributed by atoms with Crippen molar-refractivity contribution in [3.8, 4) is 5.75 Å². The molecule has 0 spiro atoms. The van der Waals surface area contributed by atoms with Gasteiger partial charge in [-0.3, -0.25) is 0 Å². The van der Waals surface area contributed by atoms with Crippen molar-refractivity contribution in [2.75, 3.05) is 25.6 Å². The molecule has 0 atom stereocenters. The third-order valence-electron chi connectivity index (χ3n) is 1.83. The van der Waals surface area contributed by atoms with Gasteiger partial charge >= 0.3 is 0 Å². The molecular formula is C10H15NO2. The summed E-state index contributed by atoms with van der Waals surface area (Å²) in [6, 6.07) is 5.89. The molecule has 1 aromatic rings. The Morgan fingerprint density at radius 2 is 2.23 bits per heavy atom. The van der Waals surface area contributed by atoms with Gasteiger partial charge in [-0.05, 0) is 18.6 Å². The fourth-order valence-corrected chi connectivity index (χ4v) is 1.07. The van der Waals surface area contributed by atoms with Crippen LogP contribution in [-0.2, 0) is 0 Å². The third kappa shape index (κ3) is 2.63. The van der Waals surface area contributed by atoms with Crippen LogP contribution < -0.4 is 10.1 Å². The molecule has 1 rings (SSSR count). The second kappa shape index (κ2) is 4.72. The number of nitrogens with one attached hydrogen (secondary N) is 1. The highest BCUT2D eigenvalue weighted by atomic mass is 16.5. The summed E-state index contributed by atoms with van der Waals surface area (Å²) in [6.45, 7) is 2.36. The van der Waals surface area contributed by atoms with E-state index < -0.39 is 0 Å². The van der Waals surface area contributed by atoms with Crippen molar-refractivity contribution in [1.29, 1.82) is 0 Å². The molecule has 0 amide bonds. The maximum atomic E-state index is 8.60. The van der Waals surface area contributed by atoms with Crippen molar-refractivity contribution >= 4 is 5.69 Å². The number of anilines is 1. The minimum atomic E-state index is 0.0449. The van der Waals surface area contributed by atoms with E-state index in [2.05, 4.69) is 5.32 Å². The maximum Gasteiger partial charge on any atom is 0.124 e. The molecule has 0 aliphatic heterocycles. The number of hydrogen-bond acceptors (Lipinski definition) is 3. The van der Waals surface area contributed by atoms with Crippen molar-refractivity contribution in [3.05, 3.63) is 23.8 Å². The smallest absolute Gasteiger partial charge is 0.124 e. The van der Waals surface area contributed by atoms with Gasteiger partial charge in [0, 0.05) is 18.8 Å². The first kappa shape index (κ1) is 9.86. The van der Waals surface area contributed by atoms with E-state index in [1.807, 2.05) is 32.2 Å². The summed E-state index contributed by atoms with van der Waals surface area (Å²) >= 11 is 0. The van der Waals surface area contributed by atoms with E-state index in [-0.39, 0.29) is 6.61 Å². The van der Waals surface area contributed by atoms with Crippen molar-refractivity contribution in [3.63, 3.8) is 0 Å². The van der Waals surface area contributed by atoms with Gasteiger partial charge in [-0.1, -0.05) is 6.07 Å². The molecular weight excluding hydrogens is 166 g/mol. The molecule has 0 aromatic heterocycles. The Labute approximate surface area is 78.3 Å². The first-order chi connectivity index (χ1) is 6.27. The van der Waals surface area contributed by atoms with Crippen LogP contribution in [0.4, 0.5) is 5.69 Å². The van der Waals surface area contributed by atoms with Crippen LogP contribution in [0.1, 0.15) is 5.56 Å². The second-order valence-electron chi connectivity index (χ2n) is 2.80. The molecule has 2 N–H and O–H groups in total. The van der Waals surface area contributed by atoms with Crippen molar-refractivity contribution in [2.45, 2.75) is 6.92 Å². The Morgan fingerprint density at radius 1 is 1.46 bits per heavy atom. The average Bonchev–Trinajstić information content (AvgIpc) is 2.17. The topological polar surface area (TPSA) is 41.5 Å². The van der Waals surface area contributed by atoms with Crippen LogP contribution in [0.2, 0.25) is 0 Å². The largest absolute Gasteiger partial charge is 0.491 e. The molecule has 3 heteroatoms. The number of benzene rings is 1. The van der Waals surface area contributed by atoms with E-state index >= 15 is 0 Å². The lowest BCUT2D eigenvalue weighted by Crippen LogP contribution is -2.03. The zero-order valence-corrected chi connectivity index (χ0v) is 8.00. The van der Waals surface area contributed by atoms with Crippen LogP contribution in [0.25, 0.3) is 0 Å². The van der Waals surface area contributed by atoms with Crippen LogP contribution in [0.3, 0.4) is 0 Å². The number of aryl methyl sites for hydroxylation is 1. The Morgan fingerprint density at radius 3 is 2.85 bits per heavy atom. The van der Waals surface area contributed by atoms with Crippen molar-refractivity contribution < 1.29 is 9.84 Å². The van der Waals surface area contributed by atoms with Crippen LogP contribution >= 0.6 is 0 Å². The molecule has 72 valence electrons. The lowest BCUT2D eigenvalue weighted by molar-refractivity contribution is 0.200. The van der Waals surface area contributed by atoms with Gasteiger partial charge < -0.3 is 15.2 Å². The molecule has 0 fully saturated rings. The van der Waals surface area contributed by atoms with E-state index in [0.29, 0.717) is 6.61 Å². The highest BCUT2D eigenvalue weighted by Gasteiger charge is 1.99. The number of ether oxygens (including phenoxy) is 1. The minimum absolute atomic E-state index is 0.0449. The Kier molecular flexibility index (Phi) is 3.58. The predicted octanol–water partition coefficient (Wildman–Crippen LogP) is 1.41. The second-order valence-corrected chi connectivity index (χ2v) is 2.80. The van der Waals surface area contributed by atoms with Crippen LogP contribution in [0.15, 0.2) is 18.2 Å². The first-order valence-electron chi connectivity index (χ1n) is 4.30. The highest BCUT2D eigenvalue weighted by molar-refractivity contribution is 5.50. The van der Waals surface area contributed by atoms with Crippen LogP contribution in [0.5, 0.6) is 5.75 Å². The summed E-state index contributed by atoms with van der Waals surface area (Å²) in [5, 5.41) is 11.6. The lowest BCUT2D eigenvalue weighted by Gasteiger charge is -2.09. The number of rotatable bonds is 4. The Bertz CT molecular complexity index is 274. The average molecular weight is 181 g/mol. The summed E-state index contributed by atoms with van der Waals surface area (Å²) in [5.74, 6) is 0.820. The van der Waals surface area contributed by atoms with Crippen LogP contribution in [0, 0.1) is 6.92 Å². The van der Waals surface area contributed by atoms with Gasteiger partial charge in [-0.2, -0.15) is 0 Å². The van der Waals surface area contributed by atoms with Crippen molar-refractivity contribution in [2.24, 2.45) is 0 Å². The molecule has 13 heavy (non-hydrogen) atoms. The lowest BCUT2D eigenvalue weighted by atomic mass is 10.2. The molecule has 0 heterocycles. The molecule has 0 aliphatic carbocycles. The predicted molar refractivity (Wildman–Crippen MR) is 53.3 cm³/mol. The number of hydrogen-bond donors (Lipinski definition) is 2. The van der Waals surface area contributed by atoms with Gasteiger partial charge in [-0.15, -0.1) is 0 Å². The molecule has 3 nitrogen and oxygen atoms in total. The number of aliphatic hydroxyl groups excluding tert-OH is 1. The van der Waals surface area contributed by atoms with Gasteiger partial charge in [0.05, 0.1) is 6.61 Å². The van der Waals surface area contributed by atoms with Gasteiger partial charge in [-0.25, -0.2) is 0 Å². The SMILES string of the molecule is CNc1ccc(C)c(OCCO)c1. The van der Waals surface area contributed by atoms with E-state index in [9.17, 15) is 0 Å². The minimum Gasteiger partial charge on any atom is -0.491 e. The zero-order chi connectivity index (χ0) is 9.68. The summed E-state index contributed by atoms with van der Waals surface area (Å²) in [5.41, 5.74) is 2.09. The van der Waals surface area contributed by atoms with Crippen molar-refractivity contribution in [1.82, 2.24) is 0 Å². The summed E-state index contributed by atoms with van der Waals surface area (Å²) < 4.78 is 5.34. The molecule has 0 saturated carbocycles. The fraction of sp³-hybridized carbons (Fsp3) is 0.400. The quantitative estimate of drug-likeness (QED) is 0.738. The standard InChI is InChI=1S/C10H15NO2/c1-8-3-4-9(11-2)7-10(8)13-6-5-12/h3-4,7,11-12H,5-6H2,1-2H3. The van der Waals surface area contributed by atoms with Gasteiger partial charge in [0.15, 0.2) is 0 Å². The molecule has 0 radical (unpaired) electrons. The van der Waals surface area contributed by atoms with E-state index in [4.69, 9.17) is 9.84 Å². The Balaban J connectivity index is 2.78. The normalized spacial score (nSPS) is 9.77. The highest BCUT2D eigenvalue weighted by Crippen LogP contribution is 2.21. The van der Waals surface area contributed by atoms with Gasteiger partial charge in [0.1, 0.15) is 12.4 Å². The Hall–Kier alpha value is -1.22. The molecule has 0 aliphatic rings. The number of aliphatic hydroxyl groups is 1. The van der Waals surface area contributed by atoms with E-state index in [1.54, 1.807) is 0 Å². The summed E-state index contributed by atoms with van der Waals surface area (Å²) in [6.07, 6.45) is 0.